The molecule has 0 aliphatic heterocycles. The van der Waals surface area contributed by atoms with Crippen molar-refractivity contribution in [2.24, 2.45) is 7.05 Å². The minimum Gasteiger partial charge on any atom is -0.347 e. The maximum absolute atomic E-state index is 13.7. The molecule has 19 heavy (non-hydrogen) atoms. The quantitative estimate of drug-likeness (QED) is 0.919. The molecule has 0 unspecified atom stereocenters. The van der Waals surface area contributed by atoms with Crippen molar-refractivity contribution in [1.82, 2.24) is 9.88 Å². The van der Waals surface area contributed by atoms with E-state index in [0.717, 1.165) is 0 Å². The largest absolute Gasteiger partial charge is 0.347 e. The third-order valence-corrected chi connectivity index (χ3v) is 3.29. The second-order valence-electron chi connectivity index (χ2n) is 4.33. The van der Waals surface area contributed by atoms with Gasteiger partial charge >= 0.3 is 0 Å². The number of rotatable bonds is 3. The van der Waals surface area contributed by atoms with E-state index in [4.69, 9.17) is 11.6 Å². The molecule has 2 aromatic rings. The van der Waals surface area contributed by atoms with Gasteiger partial charge in [0.25, 0.3) is 5.91 Å². The Kier molecular flexibility index (Phi) is 3.90. The molecule has 0 bridgehead atoms. The fraction of sp³-hybridized carbons (Fsp3) is 0.214. The lowest BCUT2D eigenvalue weighted by Gasteiger charge is -2.16. The number of nitrogens with one attached hydrogen (secondary N) is 1. The van der Waals surface area contributed by atoms with E-state index in [0.29, 0.717) is 16.3 Å². The first-order valence-corrected chi connectivity index (χ1v) is 6.24. The van der Waals surface area contributed by atoms with Gasteiger partial charge in [0.2, 0.25) is 0 Å². The molecule has 0 radical (unpaired) electrons. The normalized spacial score (nSPS) is 12.2. The smallest absolute Gasteiger partial charge is 0.268 e. The molecule has 1 atom stereocenters. The van der Waals surface area contributed by atoms with Crippen LogP contribution in [-0.2, 0) is 7.05 Å². The van der Waals surface area contributed by atoms with Crippen LogP contribution in [0.2, 0.25) is 5.02 Å². The fourth-order valence-electron chi connectivity index (χ4n) is 1.96. The Labute approximate surface area is 116 Å². The second-order valence-corrected chi connectivity index (χ2v) is 4.74. The van der Waals surface area contributed by atoms with Gasteiger partial charge in [-0.3, -0.25) is 4.79 Å². The van der Waals surface area contributed by atoms with Crippen LogP contribution in [0.25, 0.3) is 0 Å². The first kappa shape index (κ1) is 13.6. The minimum absolute atomic E-state index is 0.265. The highest BCUT2D eigenvalue weighted by atomic mass is 35.5. The van der Waals surface area contributed by atoms with Crippen molar-refractivity contribution in [1.29, 1.82) is 0 Å². The average Bonchev–Trinajstić information content (AvgIpc) is 2.75. The Morgan fingerprint density at radius 1 is 1.37 bits per heavy atom. The molecule has 1 amide bonds. The zero-order valence-corrected chi connectivity index (χ0v) is 11.4. The molecule has 3 nitrogen and oxygen atoms in total. The summed E-state index contributed by atoms with van der Waals surface area (Å²) in [7, 11) is 1.77. The SMILES string of the molecule is C[C@H](NC(=O)c1cccn1C)c1c(F)cccc1Cl. The number of carbonyl (C=O) groups excluding carboxylic acids is 1. The molecular formula is C14H14ClFN2O. The lowest BCUT2D eigenvalue weighted by Crippen LogP contribution is -2.28. The Morgan fingerprint density at radius 2 is 2.11 bits per heavy atom. The van der Waals surface area contributed by atoms with Crippen molar-refractivity contribution in [3.05, 3.63) is 58.6 Å². The van der Waals surface area contributed by atoms with Crippen molar-refractivity contribution >= 4 is 17.5 Å². The second kappa shape index (κ2) is 5.45. The van der Waals surface area contributed by atoms with Crippen LogP contribution in [0.5, 0.6) is 0 Å². The number of aryl methyl sites for hydroxylation is 1. The van der Waals surface area contributed by atoms with E-state index < -0.39 is 11.9 Å². The van der Waals surface area contributed by atoms with E-state index in [9.17, 15) is 9.18 Å². The highest BCUT2D eigenvalue weighted by Crippen LogP contribution is 2.25. The van der Waals surface area contributed by atoms with E-state index in [-0.39, 0.29) is 5.91 Å². The number of carbonyl (C=O) groups is 1. The zero-order chi connectivity index (χ0) is 14.0. The first-order chi connectivity index (χ1) is 9.00. The van der Waals surface area contributed by atoms with E-state index in [1.165, 1.54) is 12.1 Å². The van der Waals surface area contributed by atoms with Crippen LogP contribution in [0.1, 0.15) is 29.0 Å². The van der Waals surface area contributed by atoms with Crippen LogP contribution in [0.15, 0.2) is 36.5 Å². The predicted molar refractivity (Wildman–Crippen MR) is 72.7 cm³/mol. The van der Waals surface area contributed by atoms with Crippen molar-refractivity contribution in [3.63, 3.8) is 0 Å². The average molecular weight is 281 g/mol. The van der Waals surface area contributed by atoms with Crippen molar-refractivity contribution in [3.8, 4) is 0 Å². The molecule has 1 heterocycles. The molecule has 5 heteroatoms. The monoisotopic (exact) mass is 280 g/mol. The van der Waals surface area contributed by atoms with E-state index >= 15 is 0 Å². The standard InChI is InChI=1S/C14H14ClFN2O/c1-9(13-10(15)5-3-6-11(13)16)17-14(19)12-7-4-8-18(12)2/h3-9H,1-2H3,(H,17,19)/t9-/m0/s1. The summed E-state index contributed by atoms with van der Waals surface area (Å²) in [5.74, 6) is -0.688. The minimum atomic E-state index is -0.504. The molecule has 0 fully saturated rings. The third-order valence-electron chi connectivity index (χ3n) is 2.96. The molecule has 1 aromatic heterocycles. The molecule has 0 saturated heterocycles. The lowest BCUT2D eigenvalue weighted by molar-refractivity contribution is 0.0931. The van der Waals surface area contributed by atoms with Gasteiger partial charge in [-0.1, -0.05) is 17.7 Å². The maximum atomic E-state index is 13.7. The number of aromatic nitrogens is 1. The van der Waals surface area contributed by atoms with E-state index in [1.807, 2.05) is 0 Å². The summed E-state index contributed by atoms with van der Waals surface area (Å²) in [4.78, 5) is 12.0. The number of halogens is 2. The van der Waals surface area contributed by atoms with Gasteiger partial charge in [-0.05, 0) is 31.2 Å². The molecule has 0 spiro atoms. The third kappa shape index (κ3) is 2.79. The van der Waals surface area contributed by atoms with E-state index in [2.05, 4.69) is 5.32 Å². The first-order valence-electron chi connectivity index (χ1n) is 5.87. The summed E-state index contributed by atoms with van der Waals surface area (Å²) in [5.41, 5.74) is 0.811. The Bertz CT molecular complexity index is 589. The summed E-state index contributed by atoms with van der Waals surface area (Å²) < 4.78 is 15.4. The van der Waals surface area contributed by atoms with Crippen LogP contribution in [0.4, 0.5) is 4.39 Å². The summed E-state index contributed by atoms with van der Waals surface area (Å²) >= 11 is 5.97. The van der Waals surface area contributed by atoms with Crippen molar-refractivity contribution in [2.75, 3.05) is 0 Å². The molecule has 0 aliphatic carbocycles. The molecular weight excluding hydrogens is 267 g/mol. The maximum Gasteiger partial charge on any atom is 0.268 e. The molecule has 2 rings (SSSR count). The molecule has 0 saturated carbocycles. The molecule has 100 valence electrons. The summed E-state index contributed by atoms with van der Waals surface area (Å²) in [6.07, 6.45) is 1.77. The van der Waals surface area contributed by atoms with Crippen LogP contribution >= 0.6 is 11.6 Å². The fourth-order valence-corrected chi connectivity index (χ4v) is 2.29. The predicted octanol–water partition coefficient (Wildman–Crippen LogP) is 3.31. The van der Waals surface area contributed by atoms with Gasteiger partial charge < -0.3 is 9.88 Å². The van der Waals surface area contributed by atoms with Gasteiger partial charge in [-0.25, -0.2) is 4.39 Å². The number of hydrogen-bond acceptors (Lipinski definition) is 1. The lowest BCUT2D eigenvalue weighted by atomic mass is 10.1. The topological polar surface area (TPSA) is 34.0 Å². The number of nitrogens with zero attached hydrogens (tertiary/aromatic N) is 1. The number of hydrogen-bond donors (Lipinski definition) is 1. The van der Waals surface area contributed by atoms with Crippen LogP contribution in [-0.4, -0.2) is 10.5 Å². The number of benzene rings is 1. The van der Waals surface area contributed by atoms with Gasteiger partial charge in [-0.2, -0.15) is 0 Å². The summed E-state index contributed by atoms with van der Waals surface area (Å²) in [5, 5.41) is 3.04. The van der Waals surface area contributed by atoms with E-state index in [1.54, 1.807) is 42.9 Å². The Balaban J connectivity index is 2.20. The number of amides is 1. The summed E-state index contributed by atoms with van der Waals surface area (Å²) in [6, 6.07) is 7.43. The van der Waals surface area contributed by atoms with Crippen LogP contribution in [0.3, 0.4) is 0 Å². The highest BCUT2D eigenvalue weighted by Gasteiger charge is 2.18. The van der Waals surface area contributed by atoms with Crippen LogP contribution < -0.4 is 5.32 Å². The molecule has 1 N–H and O–H groups in total. The summed E-state index contributed by atoms with van der Waals surface area (Å²) in [6.45, 7) is 1.70. The highest BCUT2D eigenvalue weighted by molar-refractivity contribution is 6.31. The van der Waals surface area contributed by atoms with Gasteiger partial charge in [-0.15, -0.1) is 0 Å². The van der Waals surface area contributed by atoms with Gasteiger partial charge in [0.1, 0.15) is 11.5 Å². The molecule has 0 aliphatic rings. The Hall–Kier alpha value is -1.81. The van der Waals surface area contributed by atoms with Gasteiger partial charge in [0, 0.05) is 23.8 Å². The molecule has 1 aromatic carbocycles. The van der Waals surface area contributed by atoms with Crippen molar-refractivity contribution < 1.29 is 9.18 Å². The van der Waals surface area contributed by atoms with Crippen molar-refractivity contribution in [2.45, 2.75) is 13.0 Å². The zero-order valence-electron chi connectivity index (χ0n) is 10.7. The van der Waals surface area contributed by atoms with Gasteiger partial charge in [0.15, 0.2) is 0 Å². The van der Waals surface area contributed by atoms with Crippen LogP contribution in [0, 0.1) is 5.82 Å². The van der Waals surface area contributed by atoms with Gasteiger partial charge in [0.05, 0.1) is 6.04 Å². The Morgan fingerprint density at radius 3 is 2.68 bits per heavy atom.